The third-order valence-electron chi connectivity index (χ3n) is 7.99. The molecule has 2 atom stereocenters. The standard InChI is InChI=1S/C30H41F3N4O3/c1-19-25(27(38)37-16-14-22(15-17-37)34-23-8-6-7-9-24(23)39-5)35-28(30(31,32)33)36-26(19)40-18-20-10-12-21(13-11-20)29(2,3)4/h10-13,22-24,34H,6-9,14-18H2,1-5H3/t23-,24+/m0/s1. The lowest BCUT2D eigenvalue weighted by molar-refractivity contribution is -0.145. The Hall–Kier alpha value is -2.72. The van der Waals surface area contributed by atoms with Gasteiger partial charge in [0.15, 0.2) is 0 Å². The molecule has 2 aliphatic rings. The summed E-state index contributed by atoms with van der Waals surface area (Å²) in [5.74, 6) is -2.14. The molecule has 1 aromatic carbocycles. The molecule has 0 spiro atoms. The Morgan fingerprint density at radius 2 is 1.68 bits per heavy atom. The van der Waals surface area contributed by atoms with Gasteiger partial charge in [0.1, 0.15) is 12.3 Å². The largest absolute Gasteiger partial charge is 0.472 e. The van der Waals surface area contributed by atoms with Crippen LogP contribution in [0.4, 0.5) is 13.2 Å². The van der Waals surface area contributed by atoms with Gasteiger partial charge in [-0.3, -0.25) is 4.79 Å². The second-order valence-electron chi connectivity index (χ2n) is 12.0. The molecule has 10 heteroatoms. The fourth-order valence-corrected chi connectivity index (χ4v) is 5.50. The summed E-state index contributed by atoms with van der Waals surface area (Å²) in [4.78, 5) is 22.3. The Bertz CT molecular complexity index is 1160. The van der Waals surface area contributed by atoms with Gasteiger partial charge >= 0.3 is 6.18 Å². The molecule has 220 valence electrons. The van der Waals surface area contributed by atoms with Crippen LogP contribution >= 0.6 is 0 Å². The summed E-state index contributed by atoms with van der Waals surface area (Å²) in [6.07, 6.45) is 1.21. The minimum atomic E-state index is -4.82. The molecule has 1 saturated carbocycles. The molecule has 1 aromatic heterocycles. The smallest absolute Gasteiger partial charge is 0.451 e. The van der Waals surface area contributed by atoms with Crippen LogP contribution in [0.25, 0.3) is 0 Å². The van der Waals surface area contributed by atoms with E-state index in [9.17, 15) is 18.0 Å². The number of alkyl halides is 3. The van der Waals surface area contributed by atoms with E-state index in [1.54, 1.807) is 12.0 Å². The molecule has 7 nitrogen and oxygen atoms in total. The van der Waals surface area contributed by atoms with Crippen LogP contribution in [0.15, 0.2) is 24.3 Å². The van der Waals surface area contributed by atoms with Crippen molar-refractivity contribution in [3.63, 3.8) is 0 Å². The van der Waals surface area contributed by atoms with Crippen LogP contribution in [0.3, 0.4) is 0 Å². The predicted octanol–water partition coefficient (Wildman–Crippen LogP) is 5.83. The van der Waals surface area contributed by atoms with E-state index < -0.39 is 17.9 Å². The molecular formula is C30H41F3N4O3. The summed E-state index contributed by atoms with van der Waals surface area (Å²) in [6.45, 7) is 8.73. The predicted molar refractivity (Wildman–Crippen MR) is 146 cm³/mol. The number of nitrogens with one attached hydrogen (secondary N) is 1. The lowest BCUT2D eigenvalue weighted by atomic mass is 9.87. The van der Waals surface area contributed by atoms with Gasteiger partial charge in [-0.25, -0.2) is 4.98 Å². The van der Waals surface area contributed by atoms with Crippen molar-refractivity contribution in [1.29, 1.82) is 0 Å². The van der Waals surface area contributed by atoms with Gasteiger partial charge in [-0.05, 0) is 49.1 Å². The number of methoxy groups -OCH3 is 1. The van der Waals surface area contributed by atoms with E-state index in [2.05, 4.69) is 36.1 Å². The van der Waals surface area contributed by atoms with Crippen molar-refractivity contribution in [2.24, 2.45) is 0 Å². The highest BCUT2D eigenvalue weighted by molar-refractivity contribution is 5.94. The number of amides is 1. The normalized spacial score (nSPS) is 20.9. The lowest BCUT2D eigenvalue weighted by Crippen LogP contribution is -2.52. The van der Waals surface area contributed by atoms with Crippen LogP contribution in [0.5, 0.6) is 5.88 Å². The molecule has 40 heavy (non-hydrogen) atoms. The maximum Gasteiger partial charge on any atom is 0.451 e. The van der Waals surface area contributed by atoms with Crippen molar-refractivity contribution in [2.45, 2.75) is 103 Å². The van der Waals surface area contributed by atoms with Gasteiger partial charge < -0.3 is 19.7 Å². The summed E-state index contributed by atoms with van der Waals surface area (Å²) < 4.78 is 52.5. The van der Waals surface area contributed by atoms with Crippen LogP contribution in [0, 0.1) is 6.92 Å². The first-order valence-electron chi connectivity index (χ1n) is 14.1. The Kier molecular flexibility index (Phi) is 9.40. The number of hydrogen-bond donors (Lipinski definition) is 1. The minimum Gasteiger partial charge on any atom is -0.472 e. The zero-order chi connectivity index (χ0) is 29.1. The number of piperidine rings is 1. The maximum absolute atomic E-state index is 13.7. The van der Waals surface area contributed by atoms with Gasteiger partial charge in [0, 0.05) is 37.8 Å². The van der Waals surface area contributed by atoms with Gasteiger partial charge in [-0.2, -0.15) is 18.2 Å². The number of hydrogen-bond acceptors (Lipinski definition) is 6. The molecule has 0 unspecified atom stereocenters. The monoisotopic (exact) mass is 562 g/mol. The van der Waals surface area contributed by atoms with E-state index in [0.717, 1.165) is 36.8 Å². The van der Waals surface area contributed by atoms with Crippen molar-refractivity contribution in [3.8, 4) is 5.88 Å². The Balaban J connectivity index is 1.45. The summed E-state index contributed by atoms with van der Waals surface area (Å²) in [6, 6.07) is 8.23. The quantitative estimate of drug-likeness (QED) is 0.458. The van der Waals surface area contributed by atoms with Gasteiger partial charge in [0.2, 0.25) is 11.7 Å². The topological polar surface area (TPSA) is 76.6 Å². The molecule has 4 rings (SSSR count). The fraction of sp³-hybridized carbons (Fsp3) is 0.633. The minimum absolute atomic E-state index is 0.0216. The van der Waals surface area contributed by atoms with Crippen LogP contribution in [0.2, 0.25) is 0 Å². The number of benzene rings is 1. The molecule has 1 aliphatic carbocycles. The van der Waals surface area contributed by atoms with Crippen molar-refractivity contribution in [1.82, 2.24) is 20.2 Å². The molecule has 2 aromatic rings. The van der Waals surface area contributed by atoms with Gasteiger partial charge in [-0.1, -0.05) is 57.9 Å². The van der Waals surface area contributed by atoms with E-state index in [1.807, 2.05) is 24.3 Å². The number of carbonyl (C=O) groups is 1. The molecule has 2 fully saturated rings. The first-order valence-corrected chi connectivity index (χ1v) is 14.1. The second kappa shape index (κ2) is 12.4. The highest BCUT2D eigenvalue weighted by atomic mass is 19.4. The number of carbonyl (C=O) groups excluding carboxylic acids is 1. The van der Waals surface area contributed by atoms with Gasteiger partial charge in [0.05, 0.1) is 6.10 Å². The van der Waals surface area contributed by atoms with Crippen LogP contribution < -0.4 is 10.1 Å². The van der Waals surface area contributed by atoms with Crippen molar-refractivity contribution < 1.29 is 27.4 Å². The number of aromatic nitrogens is 2. The first-order chi connectivity index (χ1) is 18.9. The van der Waals surface area contributed by atoms with Gasteiger partial charge in [0.25, 0.3) is 5.91 Å². The molecular weight excluding hydrogens is 521 g/mol. The third kappa shape index (κ3) is 7.32. The lowest BCUT2D eigenvalue weighted by Gasteiger charge is -2.38. The molecule has 1 saturated heterocycles. The van der Waals surface area contributed by atoms with Crippen LogP contribution in [-0.4, -0.2) is 59.2 Å². The maximum atomic E-state index is 13.7. The molecule has 2 heterocycles. The molecule has 0 bridgehead atoms. The fourth-order valence-electron chi connectivity index (χ4n) is 5.50. The summed E-state index contributed by atoms with van der Waals surface area (Å²) in [5.41, 5.74) is 1.84. The van der Waals surface area contributed by atoms with E-state index in [-0.39, 0.29) is 47.3 Å². The van der Waals surface area contributed by atoms with E-state index in [4.69, 9.17) is 9.47 Å². The van der Waals surface area contributed by atoms with Crippen LogP contribution in [0.1, 0.15) is 92.3 Å². The number of likely N-dealkylation sites (tertiary alicyclic amines) is 1. The summed E-state index contributed by atoms with van der Waals surface area (Å²) in [7, 11) is 1.74. The summed E-state index contributed by atoms with van der Waals surface area (Å²) in [5, 5.41) is 3.69. The van der Waals surface area contributed by atoms with E-state index in [0.29, 0.717) is 25.9 Å². The number of ether oxygens (including phenoxy) is 2. The number of rotatable bonds is 7. The highest BCUT2D eigenvalue weighted by Crippen LogP contribution is 2.31. The molecule has 1 amide bonds. The molecule has 0 radical (unpaired) electrons. The zero-order valence-electron chi connectivity index (χ0n) is 24.1. The average molecular weight is 563 g/mol. The highest BCUT2D eigenvalue weighted by Gasteiger charge is 2.38. The zero-order valence-corrected chi connectivity index (χ0v) is 24.1. The summed E-state index contributed by atoms with van der Waals surface area (Å²) >= 11 is 0. The Labute approximate surface area is 234 Å². The van der Waals surface area contributed by atoms with Crippen molar-refractivity contribution in [2.75, 3.05) is 20.2 Å². The van der Waals surface area contributed by atoms with E-state index >= 15 is 0 Å². The van der Waals surface area contributed by atoms with Gasteiger partial charge in [-0.15, -0.1) is 0 Å². The van der Waals surface area contributed by atoms with E-state index in [1.165, 1.54) is 6.92 Å². The average Bonchev–Trinajstić information content (AvgIpc) is 2.92. The first kappa shape index (κ1) is 30.2. The third-order valence-corrected chi connectivity index (χ3v) is 7.99. The SMILES string of the molecule is CO[C@@H]1CCCC[C@@H]1NC1CCN(C(=O)c2nc(C(F)(F)F)nc(OCc3ccc(C(C)(C)C)cc3)c2C)CC1. The number of halogens is 3. The van der Waals surface area contributed by atoms with Crippen molar-refractivity contribution >= 4 is 5.91 Å². The van der Waals surface area contributed by atoms with Crippen molar-refractivity contribution in [3.05, 3.63) is 52.5 Å². The Morgan fingerprint density at radius 1 is 1.02 bits per heavy atom. The molecule has 1 aliphatic heterocycles. The number of nitrogens with zero attached hydrogens (tertiary/aromatic N) is 3. The second-order valence-corrected chi connectivity index (χ2v) is 12.0. The molecule has 1 N–H and O–H groups in total. The van der Waals surface area contributed by atoms with Crippen LogP contribution in [-0.2, 0) is 22.9 Å². The Morgan fingerprint density at radius 3 is 2.27 bits per heavy atom.